The van der Waals surface area contributed by atoms with Crippen LogP contribution in [0.3, 0.4) is 0 Å². The van der Waals surface area contributed by atoms with Gasteiger partial charge in [0.2, 0.25) is 0 Å². The van der Waals surface area contributed by atoms with E-state index in [0.29, 0.717) is 12.8 Å². The summed E-state index contributed by atoms with van der Waals surface area (Å²) in [6, 6.07) is 0. The van der Waals surface area contributed by atoms with Gasteiger partial charge in [-0.25, -0.2) is 4.39 Å². The van der Waals surface area contributed by atoms with Crippen LogP contribution in [0.5, 0.6) is 0 Å². The highest BCUT2D eigenvalue weighted by Crippen LogP contribution is 2.29. The van der Waals surface area contributed by atoms with Crippen molar-refractivity contribution in [1.29, 1.82) is 0 Å². The molecule has 0 saturated heterocycles. The lowest BCUT2D eigenvalue weighted by Crippen LogP contribution is -2.07. The number of hydrogen-bond acceptors (Lipinski definition) is 1. The van der Waals surface area contributed by atoms with Crippen LogP contribution in [0.2, 0.25) is 0 Å². The minimum absolute atomic E-state index is 0.0440. The summed E-state index contributed by atoms with van der Waals surface area (Å²) in [5.41, 5.74) is 0. The van der Waals surface area contributed by atoms with Crippen LogP contribution in [0, 0.1) is 5.92 Å². The lowest BCUT2D eigenvalue weighted by molar-refractivity contribution is -0.108. The van der Waals surface area contributed by atoms with Crippen molar-refractivity contribution in [2.24, 2.45) is 5.92 Å². The number of hydrogen-bond donors (Lipinski definition) is 0. The molecule has 0 N–H and O–H groups in total. The van der Waals surface area contributed by atoms with Crippen molar-refractivity contribution in [3.8, 4) is 0 Å². The van der Waals surface area contributed by atoms with Crippen LogP contribution in [0.4, 0.5) is 4.39 Å². The summed E-state index contributed by atoms with van der Waals surface area (Å²) in [6.07, 6.45) is 3.07. The van der Waals surface area contributed by atoms with Gasteiger partial charge in [0.15, 0.2) is 0 Å². The zero-order valence-corrected chi connectivity index (χ0v) is 5.35. The van der Waals surface area contributed by atoms with Gasteiger partial charge in [0.1, 0.15) is 12.5 Å². The van der Waals surface area contributed by atoms with Crippen LogP contribution in [0.1, 0.15) is 25.7 Å². The Bertz CT molecular complexity index is 103. The number of alkyl halides is 1. The van der Waals surface area contributed by atoms with Crippen LogP contribution in [-0.2, 0) is 4.79 Å². The van der Waals surface area contributed by atoms with Gasteiger partial charge in [0.05, 0.1) is 0 Å². The van der Waals surface area contributed by atoms with Gasteiger partial charge in [0.25, 0.3) is 0 Å². The maximum Gasteiger partial charge on any atom is 0.120 e. The molecule has 52 valence electrons. The Hall–Kier alpha value is -0.400. The molecule has 0 amide bonds. The van der Waals surface area contributed by atoms with E-state index in [4.69, 9.17) is 0 Å². The lowest BCUT2D eigenvalue weighted by atomic mass is 10.0. The van der Waals surface area contributed by atoms with E-state index in [9.17, 15) is 9.18 Å². The molecule has 0 spiro atoms. The smallest absolute Gasteiger partial charge is 0.120 e. The van der Waals surface area contributed by atoms with Crippen molar-refractivity contribution in [3.63, 3.8) is 0 Å². The first-order valence-electron chi connectivity index (χ1n) is 3.42. The van der Waals surface area contributed by atoms with Gasteiger partial charge >= 0.3 is 0 Å². The molecule has 1 aliphatic rings. The van der Waals surface area contributed by atoms with Crippen LogP contribution in [0.15, 0.2) is 0 Å². The number of aldehydes is 1. The Balaban J connectivity index is 2.30. The average Bonchev–Trinajstić information content (AvgIpc) is 2.18. The molecular weight excluding hydrogens is 119 g/mol. The molecule has 0 aromatic rings. The summed E-state index contributed by atoms with van der Waals surface area (Å²) < 4.78 is 12.6. The molecule has 0 aromatic heterocycles. The third-order valence-electron chi connectivity index (χ3n) is 1.97. The SMILES string of the molecule is O=CCC1CCCC1F. The molecule has 2 atom stereocenters. The van der Waals surface area contributed by atoms with E-state index in [1.54, 1.807) is 0 Å². The zero-order chi connectivity index (χ0) is 6.69. The first-order valence-corrected chi connectivity index (χ1v) is 3.42. The second kappa shape index (κ2) is 2.95. The highest BCUT2D eigenvalue weighted by molar-refractivity contribution is 5.49. The third kappa shape index (κ3) is 1.50. The van der Waals surface area contributed by atoms with Crippen LogP contribution >= 0.6 is 0 Å². The molecule has 2 unspecified atom stereocenters. The average molecular weight is 130 g/mol. The van der Waals surface area contributed by atoms with Gasteiger partial charge in [-0.3, -0.25) is 0 Å². The monoisotopic (exact) mass is 130 g/mol. The molecule has 1 saturated carbocycles. The Kier molecular flexibility index (Phi) is 2.20. The summed E-state index contributed by atoms with van der Waals surface area (Å²) >= 11 is 0. The molecule has 1 rings (SSSR count). The Morgan fingerprint density at radius 1 is 1.56 bits per heavy atom. The predicted octanol–water partition coefficient (Wildman–Crippen LogP) is 1.71. The molecule has 2 heteroatoms. The fourth-order valence-electron chi connectivity index (χ4n) is 1.38. The number of rotatable bonds is 2. The molecule has 9 heavy (non-hydrogen) atoms. The van der Waals surface area contributed by atoms with E-state index in [1.807, 2.05) is 0 Å². The zero-order valence-electron chi connectivity index (χ0n) is 5.35. The Labute approximate surface area is 54.3 Å². The van der Waals surface area contributed by atoms with Crippen molar-refractivity contribution in [2.75, 3.05) is 0 Å². The van der Waals surface area contributed by atoms with Gasteiger partial charge in [-0.15, -0.1) is 0 Å². The topological polar surface area (TPSA) is 17.1 Å². The van der Waals surface area contributed by atoms with E-state index in [1.165, 1.54) is 0 Å². The maximum absolute atomic E-state index is 12.6. The van der Waals surface area contributed by atoms with E-state index in [-0.39, 0.29) is 5.92 Å². The molecule has 0 bridgehead atoms. The Morgan fingerprint density at radius 2 is 2.33 bits per heavy atom. The van der Waals surface area contributed by atoms with E-state index < -0.39 is 6.17 Å². The highest BCUT2D eigenvalue weighted by Gasteiger charge is 2.25. The van der Waals surface area contributed by atoms with Crippen LogP contribution in [0.25, 0.3) is 0 Å². The van der Waals surface area contributed by atoms with Crippen molar-refractivity contribution in [2.45, 2.75) is 31.9 Å². The molecular formula is C7H11FO. The first-order chi connectivity index (χ1) is 4.34. The van der Waals surface area contributed by atoms with Crippen LogP contribution < -0.4 is 0 Å². The fraction of sp³-hybridized carbons (Fsp3) is 0.857. The lowest BCUT2D eigenvalue weighted by Gasteiger charge is -2.05. The molecule has 0 heterocycles. The van der Waals surface area contributed by atoms with E-state index >= 15 is 0 Å². The Morgan fingerprint density at radius 3 is 2.78 bits per heavy atom. The summed E-state index contributed by atoms with van der Waals surface area (Å²) in [6.45, 7) is 0. The second-order valence-corrected chi connectivity index (χ2v) is 2.61. The maximum atomic E-state index is 12.6. The minimum atomic E-state index is -0.699. The second-order valence-electron chi connectivity index (χ2n) is 2.61. The van der Waals surface area contributed by atoms with Crippen molar-refractivity contribution in [1.82, 2.24) is 0 Å². The quantitative estimate of drug-likeness (QED) is 0.520. The molecule has 0 radical (unpaired) electrons. The van der Waals surface area contributed by atoms with Gasteiger partial charge < -0.3 is 4.79 Å². The van der Waals surface area contributed by atoms with Crippen molar-refractivity contribution in [3.05, 3.63) is 0 Å². The largest absolute Gasteiger partial charge is 0.303 e. The highest BCUT2D eigenvalue weighted by atomic mass is 19.1. The third-order valence-corrected chi connectivity index (χ3v) is 1.97. The standard InChI is InChI=1S/C7H11FO/c8-7-3-1-2-6(7)4-5-9/h5-7H,1-4H2. The van der Waals surface area contributed by atoms with Crippen molar-refractivity contribution >= 4 is 6.29 Å². The van der Waals surface area contributed by atoms with Gasteiger partial charge in [-0.05, 0) is 18.8 Å². The normalized spacial score (nSPS) is 34.8. The summed E-state index contributed by atoms with van der Waals surface area (Å²) in [5.74, 6) is 0.0440. The van der Waals surface area contributed by atoms with Crippen LogP contribution in [-0.4, -0.2) is 12.5 Å². The fourth-order valence-corrected chi connectivity index (χ4v) is 1.38. The molecule has 0 aliphatic heterocycles. The van der Waals surface area contributed by atoms with Gasteiger partial charge in [-0.2, -0.15) is 0 Å². The molecule has 1 aliphatic carbocycles. The van der Waals surface area contributed by atoms with E-state index in [0.717, 1.165) is 19.1 Å². The van der Waals surface area contributed by atoms with Gasteiger partial charge in [-0.1, -0.05) is 6.42 Å². The molecule has 1 fully saturated rings. The summed E-state index contributed by atoms with van der Waals surface area (Å²) in [4.78, 5) is 9.94. The summed E-state index contributed by atoms with van der Waals surface area (Å²) in [7, 11) is 0. The van der Waals surface area contributed by atoms with Crippen molar-refractivity contribution < 1.29 is 9.18 Å². The number of carbonyl (C=O) groups is 1. The summed E-state index contributed by atoms with van der Waals surface area (Å²) in [5, 5.41) is 0. The molecule has 0 aromatic carbocycles. The van der Waals surface area contributed by atoms with E-state index in [2.05, 4.69) is 0 Å². The number of carbonyl (C=O) groups excluding carboxylic acids is 1. The van der Waals surface area contributed by atoms with Gasteiger partial charge in [0, 0.05) is 6.42 Å². The predicted molar refractivity (Wildman–Crippen MR) is 32.9 cm³/mol. The molecule has 1 nitrogen and oxygen atoms in total. The first kappa shape index (κ1) is 6.72. The minimum Gasteiger partial charge on any atom is -0.303 e. The number of halogens is 1.